The number of fused-ring (bicyclic) bond motifs is 1. The topological polar surface area (TPSA) is 0 Å². The van der Waals surface area contributed by atoms with Crippen LogP contribution in [0.4, 0.5) is 0 Å². The molecule has 0 nitrogen and oxygen atoms in total. The first kappa shape index (κ1) is 11.0. The van der Waals surface area contributed by atoms with Crippen LogP contribution in [0.25, 0.3) is 0 Å². The zero-order chi connectivity index (χ0) is 11.1. The lowest BCUT2D eigenvalue weighted by atomic mass is 9.65. The fraction of sp³-hybridized carbons (Fsp3) is 0.733. The van der Waals surface area contributed by atoms with Crippen molar-refractivity contribution >= 4 is 0 Å². The van der Waals surface area contributed by atoms with Gasteiger partial charge in [0.1, 0.15) is 0 Å². The third-order valence-corrected chi connectivity index (χ3v) is 4.49. The first-order valence-electron chi connectivity index (χ1n) is 6.36. The highest BCUT2D eigenvalue weighted by Crippen LogP contribution is 2.49. The van der Waals surface area contributed by atoms with Crippen LogP contribution < -0.4 is 0 Å². The molecule has 2 aliphatic rings. The number of hydrogen-bond donors (Lipinski definition) is 0. The second-order valence-corrected chi connectivity index (χ2v) is 6.18. The molecule has 2 rings (SSSR count). The van der Waals surface area contributed by atoms with Crippen molar-refractivity contribution in [3.05, 3.63) is 23.8 Å². The molecule has 1 saturated carbocycles. The summed E-state index contributed by atoms with van der Waals surface area (Å²) in [4.78, 5) is 0. The van der Waals surface area contributed by atoms with Crippen molar-refractivity contribution in [3.8, 4) is 0 Å². The van der Waals surface area contributed by atoms with E-state index in [1.54, 1.807) is 5.57 Å². The first-order chi connectivity index (χ1) is 7.00. The average molecular weight is 204 g/mol. The van der Waals surface area contributed by atoms with Gasteiger partial charge in [-0.25, -0.2) is 0 Å². The average Bonchev–Trinajstić information content (AvgIpc) is 2.26. The fourth-order valence-electron chi connectivity index (χ4n) is 3.42. The highest BCUT2D eigenvalue weighted by Gasteiger charge is 2.38. The SMILES string of the molecule is C=C1CCCC(C)(C)[C@@H]2C=C(C)CC[C@H]12. The maximum atomic E-state index is 4.32. The first-order valence-corrected chi connectivity index (χ1v) is 6.36. The van der Waals surface area contributed by atoms with Gasteiger partial charge in [-0.15, -0.1) is 0 Å². The summed E-state index contributed by atoms with van der Waals surface area (Å²) in [5, 5.41) is 0. The van der Waals surface area contributed by atoms with Crippen LogP contribution in [0.5, 0.6) is 0 Å². The van der Waals surface area contributed by atoms with E-state index in [2.05, 4.69) is 33.4 Å². The second kappa shape index (κ2) is 3.81. The summed E-state index contributed by atoms with van der Waals surface area (Å²) >= 11 is 0. The second-order valence-electron chi connectivity index (χ2n) is 6.18. The minimum absolute atomic E-state index is 0.478. The van der Waals surface area contributed by atoms with Gasteiger partial charge in [-0.2, -0.15) is 0 Å². The van der Waals surface area contributed by atoms with Crippen LogP contribution in [0.2, 0.25) is 0 Å². The number of rotatable bonds is 0. The normalized spacial score (nSPS) is 35.4. The van der Waals surface area contributed by atoms with Crippen LogP contribution in [-0.4, -0.2) is 0 Å². The predicted molar refractivity (Wildman–Crippen MR) is 66.7 cm³/mol. The Hall–Kier alpha value is -0.520. The van der Waals surface area contributed by atoms with Crippen LogP contribution in [0.1, 0.15) is 52.9 Å². The van der Waals surface area contributed by atoms with Crippen molar-refractivity contribution < 1.29 is 0 Å². The Kier molecular flexibility index (Phi) is 2.79. The van der Waals surface area contributed by atoms with Gasteiger partial charge in [0.25, 0.3) is 0 Å². The molecule has 0 heterocycles. The Bertz CT molecular complexity index is 293. The van der Waals surface area contributed by atoms with Gasteiger partial charge in [-0.05, 0) is 56.3 Å². The summed E-state index contributed by atoms with van der Waals surface area (Å²) in [5.41, 5.74) is 3.60. The van der Waals surface area contributed by atoms with E-state index in [1.165, 1.54) is 37.7 Å². The van der Waals surface area contributed by atoms with Gasteiger partial charge >= 0.3 is 0 Å². The Balaban J connectivity index is 2.34. The predicted octanol–water partition coefficient (Wildman–Crippen LogP) is 4.73. The highest BCUT2D eigenvalue weighted by atomic mass is 14.4. The monoisotopic (exact) mass is 204 g/mol. The smallest absolute Gasteiger partial charge is 0.0114 e. The lowest BCUT2D eigenvalue weighted by molar-refractivity contribution is 0.186. The number of hydrogen-bond acceptors (Lipinski definition) is 0. The van der Waals surface area contributed by atoms with Gasteiger partial charge in [-0.3, -0.25) is 0 Å². The molecular formula is C15H24. The van der Waals surface area contributed by atoms with Crippen LogP contribution >= 0.6 is 0 Å². The molecule has 0 aromatic carbocycles. The summed E-state index contributed by atoms with van der Waals surface area (Å²) in [6, 6.07) is 0. The van der Waals surface area contributed by atoms with Gasteiger partial charge in [0.05, 0.1) is 0 Å². The summed E-state index contributed by atoms with van der Waals surface area (Å²) in [6.07, 6.45) is 9.14. The lowest BCUT2D eigenvalue weighted by Crippen LogP contribution is -2.30. The van der Waals surface area contributed by atoms with Gasteiger partial charge in [0.2, 0.25) is 0 Å². The maximum absolute atomic E-state index is 4.32. The highest BCUT2D eigenvalue weighted by molar-refractivity contribution is 5.19. The molecule has 0 bridgehead atoms. The van der Waals surface area contributed by atoms with Gasteiger partial charge in [0, 0.05) is 0 Å². The third-order valence-electron chi connectivity index (χ3n) is 4.49. The van der Waals surface area contributed by atoms with E-state index in [1.807, 2.05) is 0 Å². The molecule has 0 saturated heterocycles. The van der Waals surface area contributed by atoms with Crippen molar-refractivity contribution in [2.75, 3.05) is 0 Å². The zero-order valence-electron chi connectivity index (χ0n) is 10.5. The summed E-state index contributed by atoms with van der Waals surface area (Å²) < 4.78 is 0. The van der Waals surface area contributed by atoms with E-state index in [4.69, 9.17) is 0 Å². The van der Waals surface area contributed by atoms with Crippen LogP contribution in [0.15, 0.2) is 23.8 Å². The molecule has 0 spiro atoms. The van der Waals surface area contributed by atoms with Crippen molar-refractivity contribution in [2.24, 2.45) is 17.3 Å². The van der Waals surface area contributed by atoms with Crippen molar-refractivity contribution in [2.45, 2.75) is 52.9 Å². The van der Waals surface area contributed by atoms with Crippen LogP contribution in [0, 0.1) is 17.3 Å². The molecule has 84 valence electrons. The molecule has 2 aliphatic carbocycles. The number of allylic oxidation sites excluding steroid dienone is 3. The molecule has 0 amide bonds. The van der Waals surface area contributed by atoms with Crippen LogP contribution in [0.3, 0.4) is 0 Å². The molecule has 15 heavy (non-hydrogen) atoms. The van der Waals surface area contributed by atoms with E-state index in [0.29, 0.717) is 5.41 Å². The van der Waals surface area contributed by atoms with E-state index in [0.717, 1.165) is 11.8 Å². The molecule has 2 atom stereocenters. The summed E-state index contributed by atoms with van der Waals surface area (Å²) in [6.45, 7) is 11.5. The molecule has 0 aromatic rings. The molecule has 0 heteroatoms. The minimum Gasteiger partial charge on any atom is -0.0996 e. The Labute approximate surface area is 94.5 Å². The fourth-order valence-corrected chi connectivity index (χ4v) is 3.42. The maximum Gasteiger partial charge on any atom is -0.0114 e. The van der Waals surface area contributed by atoms with E-state index in [-0.39, 0.29) is 0 Å². The molecule has 0 aliphatic heterocycles. The molecule has 0 N–H and O–H groups in total. The van der Waals surface area contributed by atoms with Gasteiger partial charge in [0.15, 0.2) is 0 Å². The molecule has 1 fully saturated rings. The molecule has 0 aromatic heterocycles. The molecule has 0 unspecified atom stereocenters. The third kappa shape index (κ3) is 2.04. The van der Waals surface area contributed by atoms with Crippen LogP contribution in [-0.2, 0) is 0 Å². The van der Waals surface area contributed by atoms with Crippen molar-refractivity contribution in [3.63, 3.8) is 0 Å². The Morgan fingerprint density at radius 1 is 1.33 bits per heavy atom. The largest absolute Gasteiger partial charge is 0.0996 e. The van der Waals surface area contributed by atoms with Gasteiger partial charge < -0.3 is 0 Å². The van der Waals surface area contributed by atoms with E-state index in [9.17, 15) is 0 Å². The molecule has 0 radical (unpaired) electrons. The Morgan fingerprint density at radius 3 is 2.80 bits per heavy atom. The summed E-state index contributed by atoms with van der Waals surface area (Å²) in [7, 11) is 0. The standard InChI is InChI=1S/C15H24/c1-11-7-8-13-12(2)6-5-9-15(3,4)14(13)10-11/h10,13-14H,2,5-9H2,1,3-4H3/t13-,14-/m1/s1. The summed E-state index contributed by atoms with van der Waals surface area (Å²) in [5.74, 6) is 1.52. The lowest BCUT2D eigenvalue weighted by Gasteiger charge is -2.39. The molecular weight excluding hydrogens is 180 g/mol. The van der Waals surface area contributed by atoms with E-state index >= 15 is 0 Å². The quantitative estimate of drug-likeness (QED) is 0.501. The van der Waals surface area contributed by atoms with Crippen molar-refractivity contribution in [1.82, 2.24) is 0 Å². The zero-order valence-corrected chi connectivity index (χ0v) is 10.5. The van der Waals surface area contributed by atoms with Gasteiger partial charge in [-0.1, -0.05) is 37.6 Å². The van der Waals surface area contributed by atoms with Crippen molar-refractivity contribution in [1.29, 1.82) is 0 Å². The minimum atomic E-state index is 0.478. The Morgan fingerprint density at radius 2 is 2.07 bits per heavy atom. The van der Waals surface area contributed by atoms with E-state index < -0.39 is 0 Å².